The van der Waals surface area contributed by atoms with Crippen LogP contribution in [-0.4, -0.2) is 29.2 Å². The molecule has 1 saturated carbocycles. The first-order valence-electron chi connectivity index (χ1n) is 9.28. The van der Waals surface area contributed by atoms with Gasteiger partial charge in [0.15, 0.2) is 0 Å². The summed E-state index contributed by atoms with van der Waals surface area (Å²) in [4.78, 5) is 38.6. The molecule has 1 aromatic rings. The molecule has 1 N–H and O–H groups in total. The second kappa shape index (κ2) is 7.56. The highest BCUT2D eigenvalue weighted by molar-refractivity contribution is 6.07. The Labute approximate surface area is 152 Å². The Hall–Kier alpha value is -2.24. The van der Waals surface area contributed by atoms with Gasteiger partial charge in [-0.3, -0.25) is 19.3 Å². The van der Waals surface area contributed by atoms with E-state index in [0.717, 1.165) is 36.1 Å². The van der Waals surface area contributed by atoms with Crippen molar-refractivity contribution in [2.24, 2.45) is 17.8 Å². The molecule has 1 aliphatic carbocycles. The normalized spacial score (nSPS) is 23.9. The van der Waals surface area contributed by atoms with Crippen LogP contribution >= 0.6 is 0 Å². The van der Waals surface area contributed by atoms with E-state index in [-0.39, 0.29) is 53.9 Å². The minimum absolute atomic E-state index is 0.0805. The zero-order valence-corrected chi connectivity index (χ0v) is 15.2. The maximum absolute atomic E-state index is 13.1. The number of rotatable bonds is 5. The lowest BCUT2D eigenvalue weighted by atomic mass is 9.81. The molecule has 3 amide bonds. The average molecular weight is 360 g/mol. The fourth-order valence-electron chi connectivity index (χ4n) is 4.05. The molecule has 3 rings (SSSR count). The second-order valence-electron chi connectivity index (χ2n) is 7.60. The zero-order valence-electron chi connectivity index (χ0n) is 15.2. The largest absolute Gasteiger partial charge is 0.347 e. The molecule has 1 heterocycles. The SMILES string of the molecule is CC(C)C(NC(=O)CN1C(=O)C2CCCCC2C1=O)c1ccc(F)cc1. The summed E-state index contributed by atoms with van der Waals surface area (Å²) in [5, 5.41) is 2.89. The van der Waals surface area contributed by atoms with Gasteiger partial charge in [-0.1, -0.05) is 38.8 Å². The van der Waals surface area contributed by atoms with Crippen LogP contribution in [0.15, 0.2) is 24.3 Å². The molecule has 5 nitrogen and oxygen atoms in total. The molecule has 0 aromatic heterocycles. The van der Waals surface area contributed by atoms with E-state index < -0.39 is 0 Å². The Morgan fingerprint density at radius 1 is 1.12 bits per heavy atom. The summed E-state index contributed by atoms with van der Waals surface area (Å²) in [5.74, 6) is -1.54. The molecule has 2 aliphatic rings. The van der Waals surface area contributed by atoms with Crippen molar-refractivity contribution in [3.8, 4) is 0 Å². The molecule has 0 radical (unpaired) electrons. The third kappa shape index (κ3) is 3.64. The van der Waals surface area contributed by atoms with Crippen molar-refractivity contribution in [2.45, 2.75) is 45.6 Å². The Morgan fingerprint density at radius 3 is 2.15 bits per heavy atom. The van der Waals surface area contributed by atoms with Crippen molar-refractivity contribution in [3.63, 3.8) is 0 Å². The Bertz CT molecular complexity index is 678. The van der Waals surface area contributed by atoms with Crippen LogP contribution in [0.2, 0.25) is 0 Å². The van der Waals surface area contributed by atoms with Crippen LogP contribution in [0, 0.1) is 23.6 Å². The third-order valence-corrected chi connectivity index (χ3v) is 5.45. The van der Waals surface area contributed by atoms with Crippen LogP contribution in [-0.2, 0) is 14.4 Å². The third-order valence-electron chi connectivity index (χ3n) is 5.45. The van der Waals surface area contributed by atoms with Gasteiger partial charge in [-0.05, 0) is 36.5 Å². The van der Waals surface area contributed by atoms with Gasteiger partial charge in [0.05, 0.1) is 17.9 Å². The molecule has 26 heavy (non-hydrogen) atoms. The van der Waals surface area contributed by atoms with Crippen molar-refractivity contribution >= 4 is 17.7 Å². The number of carbonyl (C=O) groups is 3. The standard InChI is InChI=1S/C20H25FN2O3/c1-12(2)18(13-7-9-14(21)10-8-13)22-17(24)11-23-19(25)15-5-3-4-6-16(15)20(23)26/h7-10,12,15-16,18H,3-6,11H2,1-2H3,(H,22,24). The van der Waals surface area contributed by atoms with Gasteiger partial charge >= 0.3 is 0 Å². The number of hydrogen-bond donors (Lipinski definition) is 1. The molecule has 1 aliphatic heterocycles. The van der Waals surface area contributed by atoms with Crippen LogP contribution < -0.4 is 5.32 Å². The van der Waals surface area contributed by atoms with Crippen LogP contribution in [0.25, 0.3) is 0 Å². The number of nitrogens with one attached hydrogen (secondary N) is 1. The number of amides is 3. The summed E-state index contributed by atoms with van der Waals surface area (Å²) in [7, 11) is 0. The fraction of sp³-hybridized carbons (Fsp3) is 0.550. The van der Waals surface area contributed by atoms with E-state index in [1.165, 1.54) is 12.1 Å². The molecule has 6 heteroatoms. The number of halogens is 1. The second-order valence-corrected chi connectivity index (χ2v) is 7.60. The number of hydrogen-bond acceptors (Lipinski definition) is 3. The summed E-state index contributed by atoms with van der Waals surface area (Å²) in [6, 6.07) is 5.68. The maximum atomic E-state index is 13.1. The van der Waals surface area contributed by atoms with Gasteiger partial charge < -0.3 is 5.32 Å². The van der Waals surface area contributed by atoms with E-state index in [2.05, 4.69) is 5.32 Å². The van der Waals surface area contributed by atoms with Gasteiger partial charge in [0, 0.05) is 0 Å². The highest BCUT2D eigenvalue weighted by Gasteiger charge is 2.48. The van der Waals surface area contributed by atoms with E-state index in [1.54, 1.807) is 12.1 Å². The monoisotopic (exact) mass is 360 g/mol. The molecule has 1 aromatic carbocycles. The molecule has 3 atom stereocenters. The Kier molecular flexibility index (Phi) is 5.39. The van der Waals surface area contributed by atoms with E-state index in [1.807, 2.05) is 13.8 Å². The molecule has 2 fully saturated rings. The van der Waals surface area contributed by atoms with Gasteiger partial charge in [0.1, 0.15) is 12.4 Å². The van der Waals surface area contributed by atoms with Crippen molar-refractivity contribution < 1.29 is 18.8 Å². The number of nitrogens with zero attached hydrogens (tertiary/aromatic N) is 1. The Morgan fingerprint density at radius 2 is 1.65 bits per heavy atom. The topological polar surface area (TPSA) is 66.5 Å². The van der Waals surface area contributed by atoms with Crippen molar-refractivity contribution in [3.05, 3.63) is 35.6 Å². The molecule has 0 bridgehead atoms. The summed E-state index contributed by atoms with van der Waals surface area (Å²) in [5.41, 5.74) is 0.794. The quantitative estimate of drug-likeness (QED) is 0.821. The number of fused-ring (bicyclic) bond motifs is 1. The van der Waals surface area contributed by atoms with Crippen LogP contribution in [0.1, 0.15) is 51.1 Å². The van der Waals surface area contributed by atoms with E-state index >= 15 is 0 Å². The summed E-state index contributed by atoms with van der Waals surface area (Å²) in [6.45, 7) is 3.67. The predicted octanol–water partition coefficient (Wildman–Crippen LogP) is 2.81. The van der Waals surface area contributed by atoms with Crippen LogP contribution in [0.4, 0.5) is 4.39 Å². The lowest BCUT2D eigenvalue weighted by Gasteiger charge is -2.24. The molecular weight excluding hydrogens is 335 g/mol. The first-order valence-corrected chi connectivity index (χ1v) is 9.28. The fourth-order valence-corrected chi connectivity index (χ4v) is 4.05. The highest BCUT2D eigenvalue weighted by atomic mass is 19.1. The van der Waals surface area contributed by atoms with Crippen molar-refractivity contribution in [1.82, 2.24) is 10.2 Å². The molecule has 3 unspecified atom stereocenters. The van der Waals surface area contributed by atoms with Gasteiger partial charge in [0.2, 0.25) is 17.7 Å². The lowest BCUT2D eigenvalue weighted by Crippen LogP contribution is -2.43. The summed E-state index contributed by atoms with van der Waals surface area (Å²) >= 11 is 0. The predicted molar refractivity (Wildman–Crippen MR) is 94.3 cm³/mol. The number of likely N-dealkylation sites (tertiary alicyclic amines) is 1. The van der Waals surface area contributed by atoms with Crippen molar-refractivity contribution in [2.75, 3.05) is 6.54 Å². The molecule has 0 spiro atoms. The minimum atomic E-state index is -0.367. The van der Waals surface area contributed by atoms with Crippen LogP contribution in [0.5, 0.6) is 0 Å². The summed E-state index contributed by atoms with van der Waals surface area (Å²) in [6.07, 6.45) is 3.38. The minimum Gasteiger partial charge on any atom is -0.347 e. The summed E-state index contributed by atoms with van der Waals surface area (Å²) < 4.78 is 13.1. The van der Waals surface area contributed by atoms with Crippen LogP contribution in [0.3, 0.4) is 0 Å². The lowest BCUT2D eigenvalue weighted by molar-refractivity contribution is -0.143. The zero-order chi connectivity index (χ0) is 18.8. The maximum Gasteiger partial charge on any atom is 0.240 e. The first kappa shape index (κ1) is 18.5. The van der Waals surface area contributed by atoms with E-state index in [0.29, 0.717) is 0 Å². The van der Waals surface area contributed by atoms with Gasteiger partial charge in [0.25, 0.3) is 0 Å². The molecule has 140 valence electrons. The van der Waals surface area contributed by atoms with Gasteiger partial charge in [-0.2, -0.15) is 0 Å². The average Bonchev–Trinajstić information content (AvgIpc) is 2.86. The van der Waals surface area contributed by atoms with Crippen molar-refractivity contribution in [1.29, 1.82) is 0 Å². The number of carbonyl (C=O) groups excluding carboxylic acids is 3. The molecule has 1 saturated heterocycles. The molecular formula is C20H25FN2O3. The van der Waals surface area contributed by atoms with Gasteiger partial charge in [-0.25, -0.2) is 4.39 Å². The van der Waals surface area contributed by atoms with E-state index in [9.17, 15) is 18.8 Å². The first-order chi connectivity index (χ1) is 12.4. The smallest absolute Gasteiger partial charge is 0.240 e. The highest BCUT2D eigenvalue weighted by Crippen LogP contribution is 2.37. The Balaban J connectivity index is 1.68. The van der Waals surface area contributed by atoms with E-state index in [4.69, 9.17) is 0 Å². The number of imide groups is 1. The van der Waals surface area contributed by atoms with Gasteiger partial charge in [-0.15, -0.1) is 0 Å². The number of benzene rings is 1.